The lowest BCUT2D eigenvalue weighted by Crippen LogP contribution is -2.31. The number of carbonyl (C=O) groups excluding carboxylic acids is 2. The number of fused-ring (bicyclic) bond motifs is 1. The molecule has 8 nitrogen and oxygen atoms in total. The Hall–Kier alpha value is -2.78. The first kappa shape index (κ1) is 19.5. The second-order valence-corrected chi connectivity index (χ2v) is 9.09. The highest BCUT2D eigenvalue weighted by Crippen LogP contribution is 2.33. The van der Waals surface area contributed by atoms with E-state index in [9.17, 15) is 18.0 Å². The van der Waals surface area contributed by atoms with E-state index < -0.39 is 27.8 Å². The number of benzene rings is 2. The minimum atomic E-state index is -3.77. The van der Waals surface area contributed by atoms with Gasteiger partial charge in [-0.3, -0.25) is 9.59 Å². The Morgan fingerprint density at radius 2 is 1.97 bits per heavy atom. The number of amides is 2. The smallest absolute Gasteiger partial charge is 0.253 e. The molecule has 0 bridgehead atoms. The van der Waals surface area contributed by atoms with E-state index in [4.69, 9.17) is 21.1 Å². The lowest BCUT2D eigenvalue weighted by molar-refractivity contribution is -0.119. The molecule has 10 heteroatoms. The molecule has 2 aliphatic heterocycles. The lowest BCUT2D eigenvalue weighted by Gasteiger charge is -2.17. The zero-order valence-electron chi connectivity index (χ0n) is 15.3. The van der Waals surface area contributed by atoms with E-state index in [1.165, 1.54) is 18.2 Å². The maximum absolute atomic E-state index is 12.6. The van der Waals surface area contributed by atoms with Crippen molar-refractivity contribution in [2.45, 2.75) is 13.5 Å². The minimum absolute atomic E-state index is 0.0764. The van der Waals surface area contributed by atoms with Crippen molar-refractivity contribution in [3.63, 3.8) is 0 Å². The predicted molar refractivity (Wildman–Crippen MR) is 106 cm³/mol. The van der Waals surface area contributed by atoms with Crippen LogP contribution in [0.3, 0.4) is 0 Å². The molecule has 2 aromatic rings. The summed E-state index contributed by atoms with van der Waals surface area (Å²) in [4.78, 5) is 24.9. The second-order valence-electron chi connectivity index (χ2n) is 6.82. The number of hydrogen-bond acceptors (Lipinski definition) is 6. The first-order valence-electron chi connectivity index (χ1n) is 8.79. The van der Waals surface area contributed by atoms with Gasteiger partial charge in [0.15, 0.2) is 11.5 Å². The minimum Gasteiger partial charge on any atom is -0.454 e. The van der Waals surface area contributed by atoms with Gasteiger partial charge in [-0.15, -0.1) is 0 Å². The monoisotopic (exact) mass is 436 g/mol. The van der Waals surface area contributed by atoms with Gasteiger partial charge < -0.3 is 14.8 Å². The molecule has 152 valence electrons. The fraction of sp³-hybridized carbons (Fsp3) is 0.263. The van der Waals surface area contributed by atoms with Crippen molar-refractivity contribution < 1.29 is 27.5 Å². The second kappa shape index (κ2) is 7.23. The maximum atomic E-state index is 12.6. The molecule has 0 aliphatic carbocycles. The van der Waals surface area contributed by atoms with E-state index in [1.54, 1.807) is 25.1 Å². The predicted octanol–water partition coefficient (Wildman–Crippen LogP) is 2.31. The molecule has 1 N–H and O–H groups in total. The number of ether oxygens (including phenoxy) is 2. The van der Waals surface area contributed by atoms with Gasteiger partial charge >= 0.3 is 0 Å². The quantitative estimate of drug-likeness (QED) is 0.789. The topological polar surface area (TPSA) is 102 Å². The summed E-state index contributed by atoms with van der Waals surface area (Å²) in [6.07, 6.45) is 0. The average molecular weight is 437 g/mol. The van der Waals surface area contributed by atoms with Crippen LogP contribution in [0.5, 0.6) is 11.5 Å². The van der Waals surface area contributed by atoms with Crippen molar-refractivity contribution in [3.8, 4) is 11.5 Å². The molecule has 1 fully saturated rings. The summed E-state index contributed by atoms with van der Waals surface area (Å²) in [6, 6.07) is 9.43. The van der Waals surface area contributed by atoms with E-state index in [2.05, 4.69) is 5.32 Å². The standard InChI is InChI=1S/C19H17ClN2O6S/c1-11-9-29(25,26)22(19(11)24)13-3-4-15(20)14(7-13)18(23)21-8-12-2-5-16-17(6-12)28-10-27-16/h2-7,11H,8-10H2,1H3,(H,21,23). The molecule has 1 atom stereocenters. The molecular weight excluding hydrogens is 420 g/mol. The van der Waals surface area contributed by atoms with Gasteiger partial charge in [0.1, 0.15) is 0 Å². The van der Waals surface area contributed by atoms with Crippen molar-refractivity contribution in [1.29, 1.82) is 0 Å². The van der Waals surface area contributed by atoms with E-state index in [-0.39, 0.29) is 35.4 Å². The van der Waals surface area contributed by atoms with Gasteiger partial charge in [-0.1, -0.05) is 24.6 Å². The number of carbonyl (C=O) groups is 2. The lowest BCUT2D eigenvalue weighted by atomic mass is 10.1. The van der Waals surface area contributed by atoms with E-state index in [1.807, 2.05) is 0 Å². The van der Waals surface area contributed by atoms with Gasteiger partial charge in [0, 0.05) is 6.54 Å². The molecule has 0 aromatic heterocycles. The number of hydrogen-bond donors (Lipinski definition) is 1. The van der Waals surface area contributed by atoms with Gasteiger partial charge in [-0.25, -0.2) is 12.7 Å². The van der Waals surface area contributed by atoms with Crippen LogP contribution in [0.15, 0.2) is 36.4 Å². The fourth-order valence-corrected chi connectivity index (χ4v) is 5.24. The van der Waals surface area contributed by atoms with Crippen LogP contribution < -0.4 is 19.1 Å². The Labute approximate surface area is 172 Å². The van der Waals surface area contributed by atoms with Crippen molar-refractivity contribution in [2.75, 3.05) is 16.9 Å². The number of sulfonamides is 1. The maximum Gasteiger partial charge on any atom is 0.253 e. The highest BCUT2D eigenvalue weighted by molar-refractivity contribution is 7.94. The highest BCUT2D eigenvalue weighted by Gasteiger charge is 2.42. The van der Waals surface area contributed by atoms with Crippen molar-refractivity contribution >= 4 is 39.1 Å². The zero-order valence-corrected chi connectivity index (χ0v) is 16.9. The summed E-state index contributed by atoms with van der Waals surface area (Å²) in [6.45, 7) is 1.91. The number of nitrogens with zero attached hydrogens (tertiary/aromatic N) is 1. The Bertz CT molecular complexity index is 1120. The molecule has 2 heterocycles. The summed E-state index contributed by atoms with van der Waals surface area (Å²) >= 11 is 6.14. The normalized spacial score (nSPS) is 19.4. The molecule has 0 spiro atoms. The van der Waals surface area contributed by atoms with Crippen LogP contribution >= 0.6 is 11.6 Å². The average Bonchev–Trinajstić information content (AvgIpc) is 3.22. The van der Waals surface area contributed by atoms with Gasteiger partial charge in [0.2, 0.25) is 22.7 Å². The van der Waals surface area contributed by atoms with Gasteiger partial charge in [0.05, 0.1) is 27.9 Å². The van der Waals surface area contributed by atoms with Gasteiger partial charge in [-0.2, -0.15) is 0 Å². The number of rotatable bonds is 4. The van der Waals surface area contributed by atoms with Gasteiger partial charge in [0.25, 0.3) is 5.91 Å². The Morgan fingerprint density at radius 1 is 1.21 bits per heavy atom. The molecule has 0 saturated carbocycles. The molecule has 29 heavy (non-hydrogen) atoms. The summed E-state index contributed by atoms with van der Waals surface area (Å²) in [7, 11) is -3.77. The third kappa shape index (κ3) is 3.63. The highest BCUT2D eigenvalue weighted by atomic mass is 35.5. The summed E-state index contributed by atoms with van der Waals surface area (Å²) < 4.78 is 35.9. The van der Waals surface area contributed by atoms with Crippen LogP contribution in [0.4, 0.5) is 5.69 Å². The van der Waals surface area contributed by atoms with Crippen LogP contribution in [0.1, 0.15) is 22.8 Å². The molecular formula is C19H17ClN2O6S. The first-order valence-corrected chi connectivity index (χ1v) is 10.8. The number of anilines is 1. The van der Waals surface area contributed by atoms with Crippen molar-refractivity contribution in [1.82, 2.24) is 5.32 Å². The van der Waals surface area contributed by atoms with E-state index in [0.29, 0.717) is 11.5 Å². The molecule has 2 amide bonds. The summed E-state index contributed by atoms with van der Waals surface area (Å²) in [5, 5.41) is 2.88. The number of nitrogens with one attached hydrogen (secondary N) is 1. The molecule has 0 radical (unpaired) electrons. The van der Waals surface area contributed by atoms with Crippen LogP contribution in [-0.4, -0.2) is 32.8 Å². The third-order valence-electron chi connectivity index (χ3n) is 4.68. The Kier molecular flexibility index (Phi) is 4.87. The van der Waals surface area contributed by atoms with E-state index >= 15 is 0 Å². The van der Waals surface area contributed by atoms with E-state index in [0.717, 1.165) is 9.87 Å². The number of halogens is 1. The van der Waals surface area contributed by atoms with Crippen LogP contribution in [0, 0.1) is 5.92 Å². The van der Waals surface area contributed by atoms with Crippen molar-refractivity contribution in [3.05, 3.63) is 52.5 Å². The van der Waals surface area contributed by atoms with Crippen molar-refractivity contribution in [2.24, 2.45) is 5.92 Å². The molecule has 1 unspecified atom stereocenters. The summed E-state index contributed by atoms with van der Waals surface area (Å²) in [5.41, 5.74) is 0.963. The zero-order chi connectivity index (χ0) is 20.8. The van der Waals surface area contributed by atoms with Crippen LogP contribution in [-0.2, 0) is 21.4 Å². The molecule has 4 rings (SSSR count). The first-order chi connectivity index (χ1) is 13.8. The molecule has 2 aliphatic rings. The molecule has 1 saturated heterocycles. The Balaban J connectivity index is 1.54. The molecule has 2 aromatic carbocycles. The fourth-order valence-electron chi connectivity index (χ4n) is 3.23. The van der Waals surface area contributed by atoms with Gasteiger partial charge in [-0.05, 0) is 35.9 Å². The largest absolute Gasteiger partial charge is 0.454 e. The SMILES string of the molecule is CC1CS(=O)(=O)N(c2ccc(Cl)c(C(=O)NCc3ccc4c(c3)OCO4)c2)C1=O. The summed E-state index contributed by atoms with van der Waals surface area (Å²) in [5.74, 6) is -0.685. The van der Waals surface area contributed by atoms with Crippen LogP contribution in [0.2, 0.25) is 5.02 Å². The van der Waals surface area contributed by atoms with Crippen LogP contribution in [0.25, 0.3) is 0 Å². The third-order valence-corrected chi connectivity index (χ3v) is 6.88. The Morgan fingerprint density at radius 3 is 2.69 bits per heavy atom.